The van der Waals surface area contributed by atoms with E-state index >= 15 is 0 Å². The van der Waals surface area contributed by atoms with Crippen LogP contribution >= 0.6 is 11.3 Å². The van der Waals surface area contributed by atoms with Gasteiger partial charge in [0.05, 0.1) is 11.7 Å². The number of carbonyl (C=O) groups is 2. The van der Waals surface area contributed by atoms with Gasteiger partial charge in [0, 0.05) is 16.5 Å². The number of ketones is 1. The molecule has 5 nitrogen and oxygen atoms in total. The maximum absolute atomic E-state index is 12.7. The van der Waals surface area contributed by atoms with Gasteiger partial charge < -0.3 is 14.6 Å². The first-order valence-corrected chi connectivity index (χ1v) is 13.1. The fraction of sp³-hybridized carbons (Fsp3) is 0.233. The third-order valence-electron chi connectivity index (χ3n) is 6.69. The molecule has 0 bridgehead atoms. The smallest absolute Gasteiger partial charge is 0.545 e. The molecule has 0 saturated heterocycles. The molecule has 37 heavy (non-hydrogen) atoms. The molecule has 0 spiro atoms. The average molecular weight is 520 g/mol. The average Bonchev–Trinajstić information content (AvgIpc) is 3.43. The number of thiazole rings is 1. The summed E-state index contributed by atoms with van der Waals surface area (Å²) >= 11 is 1.26. The number of hydrogen-bond donors (Lipinski definition) is 0. The normalized spacial score (nSPS) is 13.5. The molecule has 3 aromatic carbocycles. The molecule has 0 radical (unpaired) electrons. The van der Waals surface area contributed by atoms with Gasteiger partial charge in [0.1, 0.15) is 12.4 Å². The van der Waals surface area contributed by atoms with E-state index in [1.165, 1.54) is 73.3 Å². The maximum atomic E-state index is 12.7. The number of ether oxygens (including phenoxy) is 1. The number of rotatable bonds is 8. The van der Waals surface area contributed by atoms with E-state index in [2.05, 4.69) is 29.2 Å². The van der Waals surface area contributed by atoms with Gasteiger partial charge in [0.2, 0.25) is 5.78 Å². The zero-order valence-corrected chi connectivity index (χ0v) is 23.6. The zero-order chi connectivity index (χ0) is 24.9. The number of nitrogens with zero attached hydrogens (tertiary/aromatic N) is 1. The van der Waals surface area contributed by atoms with Gasteiger partial charge >= 0.3 is 29.6 Å². The summed E-state index contributed by atoms with van der Waals surface area (Å²) in [5.41, 5.74) is 4.61. The van der Waals surface area contributed by atoms with E-state index in [1.54, 1.807) is 0 Å². The summed E-state index contributed by atoms with van der Waals surface area (Å²) in [7, 11) is 0. The van der Waals surface area contributed by atoms with Crippen molar-refractivity contribution < 1.29 is 49.0 Å². The van der Waals surface area contributed by atoms with Crippen molar-refractivity contribution in [1.29, 1.82) is 0 Å². The topological polar surface area (TPSA) is 79.3 Å². The Balaban J connectivity index is 0.00000320. The van der Waals surface area contributed by atoms with Crippen LogP contribution in [0.25, 0.3) is 11.3 Å². The molecule has 5 rings (SSSR count). The number of carboxylic acids is 1. The minimum atomic E-state index is -1.27. The number of aromatic carboxylic acids is 1. The van der Waals surface area contributed by atoms with E-state index in [1.807, 2.05) is 29.6 Å². The summed E-state index contributed by atoms with van der Waals surface area (Å²) in [5.74, 6) is -0.0383. The van der Waals surface area contributed by atoms with E-state index in [9.17, 15) is 14.7 Å². The first-order chi connectivity index (χ1) is 17.6. The summed E-state index contributed by atoms with van der Waals surface area (Å²) in [5, 5.41) is 13.1. The van der Waals surface area contributed by atoms with E-state index < -0.39 is 5.97 Å². The molecule has 182 valence electrons. The molecule has 1 aliphatic carbocycles. The fourth-order valence-corrected chi connectivity index (χ4v) is 5.39. The number of hydrogen-bond acceptors (Lipinski definition) is 6. The Hall–Kier alpha value is -2.77. The van der Waals surface area contributed by atoms with Gasteiger partial charge in [-0.25, -0.2) is 4.98 Å². The standard InChI is InChI=1S/C30H27NO4S.Na/c32-28(24-10-12-25(13-11-24)30(33)34)29-31-27(19-36-29)23-14-16-26(17-15-23)35-18-20-6-8-22(9-7-20)21-4-2-1-3-5-21;/h6-17,19,21H,1-5,18H2,(H,33,34);/q;+1/p-1. The molecular formula is C30H26NNaO4S. The van der Waals surface area contributed by atoms with Crippen molar-refractivity contribution in [1.82, 2.24) is 4.98 Å². The Morgan fingerprint density at radius 1 is 0.865 bits per heavy atom. The van der Waals surface area contributed by atoms with Gasteiger partial charge in [0.15, 0.2) is 5.01 Å². The first kappa shape index (κ1) is 27.3. The molecule has 0 aliphatic heterocycles. The van der Waals surface area contributed by atoms with Crippen molar-refractivity contribution in [3.8, 4) is 17.0 Å². The Morgan fingerprint density at radius 3 is 2.16 bits per heavy atom. The molecule has 1 aliphatic rings. The summed E-state index contributed by atoms with van der Waals surface area (Å²) < 4.78 is 5.98. The molecule has 7 heteroatoms. The minimum absolute atomic E-state index is 0. The van der Waals surface area contributed by atoms with Crippen molar-refractivity contribution in [2.24, 2.45) is 0 Å². The second-order valence-electron chi connectivity index (χ2n) is 9.12. The minimum Gasteiger partial charge on any atom is -0.545 e. The van der Waals surface area contributed by atoms with E-state index in [0.717, 1.165) is 16.9 Å². The van der Waals surface area contributed by atoms with Crippen LogP contribution < -0.4 is 39.4 Å². The predicted octanol–water partition coefficient (Wildman–Crippen LogP) is 3.04. The Bertz CT molecular complexity index is 1340. The van der Waals surface area contributed by atoms with E-state index in [-0.39, 0.29) is 40.9 Å². The van der Waals surface area contributed by atoms with Crippen molar-refractivity contribution >= 4 is 23.1 Å². The number of aromatic nitrogens is 1. The number of carbonyl (C=O) groups excluding carboxylic acids is 2. The molecule has 1 saturated carbocycles. The van der Waals surface area contributed by atoms with Crippen LogP contribution in [0.15, 0.2) is 78.2 Å². The van der Waals surface area contributed by atoms with Crippen LogP contribution in [-0.2, 0) is 6.61 Å². The zero-order valence-electron chi connectivity index (χ0n) is 20.8. The molecule has 1 fully saturated rings. The molecule has 0 atom stereocenters. The molecule has 0 amide bonds. The van der Waals surface area contributed by atoms with Crippen molar-refractivity contribution in [2.45, 2.75) is 44.6 Å². The Kier molecular flexibility index (Phi) is 9.33. The van der Waals surface area contributed by atoms with Crippen LogP contribution in [0, 0.1) is 0 Å². The van der Waals surface area contributed by atoms with Crippen LogP contribution in [0.1, 0.15) is 74.9 Å². The molecular weight excluding hydrogens is 493 g/mol. The number of carboxylic acid groups (broad SMARTS) is 1. The van der Waals surface area contributed by atoms with Crippen molar-refractivity contribution in [3.05, 3.63) is 105 Å². The molecule has 1 heterocycles. The van der Waals surface area contributed by atoms with E-state index in [0.29, 0.717) is 28.8 Å². The van der Waals surface area contributed by atoms with Gasteiger partial charge in [-0.1, -0.05) is 67.8 Å². The summed E-state index contributed by atoms with van der Waals surface area (Å²) in [4.78, 5) is 28.1. The van der Waals surface area contributed by atoms with Crippen LogP contribution in [-0.4, -0.2) is 16.7 Å². The van der Waals surface area contributed by atoms with Gasteiger partial charge in [0.25, 0.3) is 0 Å². The van der Waals surface area contributed by atoms with Crippen molar-refractivity contribution in [2.75, 3.05) is 0 Å². The second-order valence-corrected chi connectivity index (χ2v) is 9.98. The predicted molar refractivity (Wildman–Crippen MR) is 138 cm³/mol. The largest absolute Gasteiger partial charge is 1.00 e. The third kappa shape index (κ3) is 6.76. The SMILES string of the molecule is O=C([O-])c1ccc(C(=O)c2nc(-c3ccc(OCc4ccc(C5CCCCC5)cc4)cc3)cs2)cc1.[Na+]. The third-order valence-corrected chi connectivity index (χ3v) is 7.53. The van der Waals surface area contributed by atoms with Gasteiger partial charge in [-0.05, 0) is 59.7 Å². The van der Waals surface area contributed by atoms with Crippen LogP contribution in [0.4, 0.5) is 0 Å². The summed E-state index contributed by atoms with van der Waals surface area (Å²) in [6.45, 7) is 0.510. The van der Waals surface area contributed by atoms with E-state index in [4.69, 9.17) is 4.74 Å². The molecule has 0 unspecified atom stereocenters. The van der Waals surface area contributed by atoms with Crippen molar-refractivity contribution in [3.63, 3.8) is 0 Å². The molecule has 0 N–H and O–H groups in total. The Morgan fingerprint density at radius 2 is 1.51 bits per heavy atom. The molecule has 4 aromatic rings. The Labute approximate surface area is 242 Å². The van der Waals surface area contributed by atoms with Gasteiger partial charge in [-0.3, -0.25) is 4.79 Å². The monoisotopic (exact) mass is 519 g/mol. The second kappa shape index (κ2) is 12.7. The molecule has 1 aromatic heterocycles. The van der Waals surface area contributed by atoms with Crippen LogP contribution in [0.5, 0.6) is 5.75 Å². The van der Waals surface area contributed by atoms with Gasteiger partial charge in [-0.2, -0.15) is 0 Å². The summed E-state index contributed by atoms with van der Waals surface area (Å²) in [6, 6.07) is 22.2. The van der Waals surface area contributed by atoms with Crippen LogP contribution in [0.2, 0.25) is 0 Å². The first-order valence-electron chi connectivity index (χ1n) is 12.2. The fourth-order valence-electron chi connectivity index (χ4n) is 4.60. The van der Waals surface area contributed by atoms with Gasteiger partial charge in [-0.15, -0.1) is 11.3 Å². The maximum Gasteiger partial charge on any atom is 1.00 e. The van der Waals surface area contributed by atoms with Crippen LogP contribution in [0.3, 0.4) is 0 Å². The number of benzene rings is 3. The quantitative estimate of drug-likeness (QED) is 0.264. The summed E-state index contributed by atoms with van der Waals surface area (Å²) in [6.07, 6.45) is 6.64.